The summed E-state index contributed by atoms with van der Waals surface area (Å²) in [5.74, 6) is -0.0267. The van der Waals surface area contributed by atoms with Crippen molar-refractivity contribution in [3.63, 3.8) is 0 Å². The molecule has 1 N–H and O–H groups in total. The van der Waals surface area contributed by atoms with Gasteiger partial charge in [-0.15, -0.1) is 12.4 Å². The Morgan fingerprint density at radius 1 is 1.38 bits per heavy atom. The number of hydrogen-bond acceptors (Lipinski definition) is 3. The molecule has 1 heterocycles. The SMILES string of the molecule is Cc1cc(CN(C)CC(=O)N2CCNCC2)ccc1F.Cl. The smallest absolute Gasteiger partial charge is 0.236 e. The lowest BCUT2D eigenvalue weighted by molar-refractivity contribution is -0.132. The maximum Gasteiger partial charge on any atom is 0.236 e. The molecule has 0 aromatic heterocycles. The first-order valence-electron chi connectivity index (χ1n) is 6.98. The lowest BCUT2D eigenvalue weighted by Crippen LogP contribution is -2.49. The number of halogens is 2. The maximum atomic E-state index is 13.2. The van der Waals surface area contributed by atoms with Gasteiger partial charge >= 0.3 is 0 Å². The van der Waals surface area contributed by atoms with Crippen molar-refractivity contribution in [2.75, 3.05) is 39.8 Å². The van der Waals surface area contributed by atoms with Gasteiger partial charge < -0.3 is 10.2 Å². The lowest BCUT2D eigenvalue weighted by atomic mass is 10.1. The van der Waals surface area contributed by atoms with E-state index in [2.05, 4.69) is 5.32 Å². The van der Waals surface area contributed by atoms with Gasteiger partial charge in [-0.25, -0.2) is 4.39 Å². The van der Waals surface area contributed by atoms with Crippen LogP contribution >= 0.6 is 12.4 Å². The molecule has 118 valence electrons. The number of likely N-dealkylation sites (N-methyl/N-ethyl adjacent to an activating group) is 1. The van der Waals surface area contributed by atoms with Crippen LogP contribution in [0.2, 0.25) is 0 Å². The third-order valence-electron chi connectivity index (χ3n) is 3.55. The molecule has 2 rings (SSSR count). The summed E-state index contributed by atoms with van der Waals surface area (Å²) >= 11 is 0. The van der Waals surface area contributed by atoms with Crippen LogP contribution in [0.15, 0.2) is 18.2 Å². The molecule has 0 bridgehead atoms. The zero-order valence-corrected chi connectivity index (χ0v) is 13.4. The fourth-order valence-corrected chi connectivity index (χ4v) is 2.42. The second-order valence-electron chi connectivity index (χ2n) is 5.39. The van der Waals surface area contributed by atoms with Crippen LogP contribution < -0.4 is 5.32 Å². The molecule has 21 heavy (non-hydrogen) atoms. The average molecular weight is 316 g/mol. The van der Waals surface area contributed by atoms with Crippen molar-refractivity contribution >= 4 is 18.3 Å². The van der Waals surface area contributed by atoms with Crippen molar-refractivity contribution in [1.29, 1.82) is 0 Å². The quantitative estimate of drug-likeness (QED) is 0.913. The van der Waals surface area contributed by atoms with Crippen molar-refractivity contribution in [3.05, 3.63) is 35.1 Å². The number of carbonyl (C=O) groups excluding carboxylic acids is 1. The van der Waals surface area contributed by atoms with Crippen LogP contribution in [0.4, 0.5) is 4.39 Å². The summed E-state index contributed by atoms with van der Waals surface area (Å²) in [7, 11) is 1.92. The molecule has 6 heteroatoms. The van der Waals surface area contributed by atoms with Gasteiger partial charge in [0, 0.05) is 32.7 Å². The number of aryl methyl sites for hydroxylation is 1. The van der Waals surface area contributed by atoms with E-state index in [4.69, 9.17) is 0 Å². The van der Waals surface area contributed by atoms with Gasteiger partial charge in [0.05, 0.1) is 6.54 Å². The number of rotatable bonds is 4. The fourth-order valence-electron chi connectivity index (χ4n) is 2.42. The van der Waals surface area contributed by atoms with Gasteiger partial charge in [-0.05, 0) is 31.2 Å². The van der Waals surface area contributed by atoms with E-state index in [0.717, 1.165) is 31.7 Å². The van der Waals surface area contributed by atoms with Crippen LogP contribution in [0.25, 0.3) is 0 Å². The van der Waals surface area contributed by atoms with Crippen molar-refractivity contribution < 1.29 is 9.18 Å². The molecule has 0 spiro atoms. The average Bonchev–Trinajstić information content (AvgIpc) is 2.44. The van der Waals surface area contributed by atoms with Crippen LogP contribution in [-0.4, -0.2) is 55.5 Å². The molecule has 0 radical (unpaired) electrons. The Labute approximate surface area is 131 Å². The molecule has 0 unspecified atom stereocenters. The van der Waals surface area contributed by atoms with E-state index < -0.39 is 0 Å². The summed E-state index contributed by atoms with van der Waals surface area (Å²) < 4.78 is 13.2. The second-order valence-corrected chi connectivity index (χ2v) is 5.39. The molecule has 1 amide bonds. The van der Waals surface area contributed by atoms with Gasteiger partial charge in [0.2, 0.25) is 5.91 Å². The predicted octanol–water partition coefficient (Wildman–Crippen LogP) is 1.42. The molecule has 1 aromatic rings. The first-order valence-corrected chi connectivity index (χ1v) is 6.98. The van der Waals surface area contributed by atoms with Crippen LogP contribution in [0.5, 0.6) is 0 Å². The van der Waals surface area contributed by atoms with Gasteiger partial charge in [0.1, 0.15) is 5.82 Å². The normalized spacial score (nSPS) is 15.0. The summed E-state index contributed by atoms with van der Waals surface area (Å²) in [4.78, 5) is 16.0. The number of nitrogens with one attached hydrogen (secondary N) is 1. The van der Waals surface area contributed by atoms with E-state index in [1.807, 2.05) is 22.9 Å². The van der Waals surface area contributed by atoms with Crippen LogP contribution in [0.3, 0.4) is 0 Å². The van der Waals surface area contributed by atoms with E-state index >= 15 is 0 Å². The number of nitrogens with zero attached hydrogens (tertiary/aromatic N) is 2. The first-order chi connectivity index (χ1) is 9.56. The Balaban J connectivity index is 0.00000220. The van der Waals surface area contributed by atoms with Gasteiger partial charge in [0.25, 0.3) is 0 Å². The summed E-state index contributed by atoms with van der Waals surface area (Å²) in [6, 6.07) is 5.09. The molecule has 0 atom stereocenters. The predicted molar refractivity (Wildman–Crippen MR) is 84.2 cm³/mol. The number of piperazine rings is 1. The van der Waals surface area contributed by atoms with E-state index in [1.54, 1.807) is 13.0 Å². The molecular weight excluding hydrogens is 293 g/mol. The minimum atomic E-state index is -0.187. The first kappa shape index (κ1) is 17.9. The van der Waals surface area contributed by atoms with Crippen LogP contribution in [0.1, 0.15) is 11.1 Å². The molecule has 0 saturated carbocycles. The highest BCUT2D eigenvalue weighted by Crippen LogP contribution is 2.11. The van der Waals surface area contributed by atoms with E-state index in [1.165, 1.54) is 6.07 Å². The highest BCUT2D eigenvalue weighted by atomic mass is 35.5. The molecule has 1 aromatic carbocycles. The van der Waals surface area contributed by atoms with Gasteiger partial charge in [-0.2, -0.15) is 0 Å². The third kappa shape index (κ3) is 5.26. The largest absolute Gasteiger partial charge is 0.339 e. The molecule has 1 aliphatic heterocycles. The minimum absolute atomic E-state index is 0. The van der Waals surface area contributed by atoms with Crippen molar-refractivity contribution in [2.24, 2.45) is 0 Å². The summed E-state index contributed by atoms with van der Waals surface area (Å²) in [6.07, 6.45) is 0. The Hall–Kier alpha value is -1.17. The standard InChI is InChI=1S/C15H22FN3O.ClH/c1-12-9-13(3-4-14(12)16)10-18(2)11-15(20)19-7-5-17-6-8-19;/h3-4,9,17H,5-8,10-11H2,1-2H3;1H. The van der Waals surface area contributed by atoms with Crippen molar-refractivity contribution in [3.8, 4) is 0 Å². The molecule has 1 fully saturated rings. The van der Waals surface area contributed by atoms with Crippen molar-refractivity contribution in [2.45, 2.75) is 13.5 Å². The summed E-state index contributed by atoms with van der Waals surface area (Å²) in [5.41, 5.74) is 1.67. The lowest BCUT2D eigenvalue weighted by Gasteiger charge is -2.29. The van der Waals surface area contributed by atoms with E-state index in [-0.39, 0.29) is 24.1 Å². The topological polar surface area (TPSA) is 35.6 Å². The maximum absolute atomic E-state index is 13.2. The number of amides is 1. The minimum Gasteiger partial charge on any atom is -0.339 e. The van der Waals surface area contributed by atoms with Crippen molar-refractivity contribution in [1.82, 2.24) is 15.1 Å². The Bertz CT molecular complexity index is 478. The molecular formula is C15H23ClFN3O. The van der Waals surface area contributed by atoms with Gasteiger partial charge in [-0.3, -0.25) is 9.69 Å². The zero-order chi connectivity index (χ0) is 14.5. The summed E-state index contributed by atoms with van der Waals surface area (Å²) in [6.45, 7) is 6.10. The van der Waals surface area contributed by atoms with Gasteiger partial charge in [-0.1, -0.05) is 12.1 Å². The number of hydrogen-bond donors (Lipinski definition) is 1. The molecule has 4 nitrogen and oxygen atoms in total. The monoisotopic (exact) mass is 315 g/mol. The van der Waals surface area contributed by atoms with E-state index in [0.29, 0.717) is 18.7 Å². The Kier molecular flexibility index (Phi) is 7.08. The second kappa shape index (κ2) is 8.32. The van der Waals surface area contributed by atoms with Crippen LogP contribution in [0, 0.1) is 12.7 Å². The highest BCUT2D eigenvalue weighted by molar-refractivity contribution is 5.85. The number of benzene rings is 1. The van der Waals surface area contributed by atoms with Gasteiger partial charge in [0.15, 0.2) is 0 Å². The van der Waals surface area contributed by atoms with Crippen LogP contribution in [-0.2, 0) is 11.3 Å². The third-order valence-corrected chi connectivity index (χ3v) is 3.55. The van der Waals surface area contributed by atoms with E-state index in [9.17, 15) is 9.18 Å². The molecule has 0 aliphatic carbocycles. The highest BCUT2D eigenvalue weighted by Gasteiger charge is 2.17. The summed E-state index contributed by atoms with van der Waals surface area (Å²) in [5, 5.41) is 3.23. The molecule has 1 aliphatic rings. The number of carbonyl (C=O) groups is 1. The zero-order valence-electron chi connectivity index (χ0n) is 12.6. The fraction of sp³-hybridized carbons (Fsp3) is 0.533. The molecule has 1 saturated heterocycles. The Morgan fingerprint density at radius 3 is 2.67 bits per heavy atom. The Morgan fingerprint density at radius 2 is 2.05 bits per heavy atom.